The summed E-state index contributed by atoms with van der Waals surface area (Å²) in [5, 5.41) is 3.32. The van der Waals surface area contributed by atoms with E-state index < -0.39 is 5.91 Å². The summed E-state index contributed by atoms with van der Waals surface area (Å²) in [5.74, 6) is 1.13. The Hall–Kier alpha value is -1.62. The zero-order valence-electron chi connectivity index (χ0n) is 11.6. The molecule has 1 aliphatic heterocycles. The molecule has 1 amide bonds. The quantitative estimate of drug-likeness (QED) is 0.849. The topological polar surface area (TPSA) is 71.2 Å². The van der Waals surface area contributed by atoms with Crippen LogP contribution in [0, 0.1) is 5.92 Å². The maximum absolute atomic E-state index is 11.0. The average molecular weight is 262 g/mol. The third kappa shape index (κ3) is 3.23. The average Bonchev–Trinajstić information content (AvgIpc) is 2.46. The van der Waals surface area contributed by atoms with Gasteiger partial charge in [0.1, 0.15) is 5.82 Å². The SMILES string of the molecule is CNC(C)C1CCCN(c2ccc(C(N)=O)cn2)C1. The standard InChI is InChI=1S/C14H22N4O/c1-10(16-2)12-4-3-7-18(9-12)13-6-5-11(8-17-13)14(15)19/h5-6,8,10,12,16H,3-4,7,9H2,1-2H3,(H2,15,19). The summed E-state index contributed by atoms with van der Waals surface area (Å²) in [6.07, 6.45) is 3.98. The van der Waals surface area contributed by atoms with Gasteiger partial charge in [-0.1, -0.05) is 0 Å². The highest BCUT2D eigenvalue weighted by Gasteiger charge is 2.24. The van der Waals surface area contributed by atoms with Crippen LogP contribution in [0.15, 0.2) is 18.3 Å². The highest BCUT2D eigenvalue weighted by Crippen LogP contribution is 2.23. The predicted octanol–water partition coefficient (Wildman–Crippen LogP) is 1.00. The number of aromatic nitrogens is 1. The predicted molar refractivity (Wildman–Crippen MR) is 76.2 cm³/mol. The minimum Gasteiger partial charge on any atom is -0.366 e. The maximum Gasteiger partial charge on any atom is 0.250 e. The van der Waals surface area contributed by atoms with Gasteiger partial charge in [0.15, 0.2) is 0 Å². The van der Waals surface area contributed by atoms with Crippen molar-refractivity contribution in [3.63, 3.8) is 0 Å². The molecule has 2 heterocycles. The van der Waals surface area contributed by atoms with Crippen molar-refractivity contribution in [3.05, 3.63) is 23.9 Å². The Bertz CT molecular complexity index is 432. The normalized spacial score (nSPS) is 21.2. The van der Waals surface area contributed by atoms with Crippen LogP contribution in [0.25, 0.3) is 0 Å². The van der Waals surface area contributed by atoms with E-state index in [2.05, 4.69) is 22.1 Å². The van der Waals surface area contributed by atoms with Crippen LogP contribution in [-0.2, 0) is 0 Å². The molecule has 2 unspecified atom stereocenters. The summed E-state index contributed by atoms with van der Waals surface area (Å²) < 4.78 is 0. The number of hydrogen-bond acceptors (Lipinski definition) is 4. The molecule has 0 bridgehead atoms. The molecular formula is C14H22N4O. The second kappa shape index (κ2) is 6.02. The second-order valence-electron chi connectivity index (χ2n) is 5.19. The van der Waals surface area contributed by atoms with Gasteiger partial charge in [0.05, 0.1) is 5.56 Å². The summed E-state index contributed by atoms with van der Waals surface area (Å²) in [6, 6.07) is 4.13. The minimum atomic E-state index is -0.431. The molecule has 0 radical (unpaired) electrons. The number of nitrogens with one attached hydrogen (secondary N) is 1. The molecule has 3 N–H and O–H groups in total. The van der Waals surface area contributed by atoms with Gasteiger partial charge >= 0.3 is 0 Å². The van der Waals surface area contributed by atoms with E-state index in [0.29, 0.717) is 17.5 Å². The Balaban J connectivity index is 2.06. The zero-order chi connectivity index (χ0) is 13.8. The van der Waals surface area contributed by atoms with Crippen molar-refractivity contribution in [1.82, 2.24) is 10.3 Å². The van der Waals surface area contributed by atoms with Crippen molar-refractivity contribution < 1.29 is 4.79 Å². The first-order valence-corrected chi connectivity index (χ1v) is 6.80. The van der Waals surface area contributed by atoms with Gasteiger partial charge in [-0.3, -0.25) is 4.79 Å². The molecule has 1 aromatic rings. The van der Waals surface area contributed by atoms with Crippen LogP contribution in [0.4, 0.5) is 5.82 Å². The minimum absolute atomic E-state index is 0.431. The molecule has 1 aliphatic rings. The molecule has 0 saturated carbocycles. The fourth-order valence-electron chi connectivity index (χ4n) is 2.58. The van der Waals surface area contributed by atoms with Crippen molar-refractivity contribution >= 4 is 11.7 Å². The number of pyridine rings is 1. The molecule has 0 spiro atoms. The Morgan fingerprint density at radius 2 is 2.37 bits per heavy atom. The fourth-order valence-corrected chi connectivity index (χ4v) is 2.58. The van der Waals surface area contributed by atoms with Crippen LogP contribution in [0.1, 0.15) is 30.1 Å². The maximum atomic E-state index is 11.0. The summed E-state index contributed by atoms with van der Waals surface area (Å²) in [6.45, 7) is 4.25. The first-order chi connectivity index (χ1) is 9.11. The van der Waals surface area contributed by atoms with Crippen molar-refractivity contribution in [1.29, 1.82) is 0 Å². The van der Waals surface area contributed by atoms with Crippen LogP contribution in [-0.4, -0.2) is 37.1 Å². The number of primary amides is 1. The molecular weight excluding hydrogens is 240 g/mol. The first kappa shape index (κ1) is 13.8. The van der Waals surface area contributed by atoms with Crippen molar-refractivity contribution in [2.24, 2.45) is 11.7 Å². The fraction of sp³-hybridized carbons (Fsp3) is 0.571. The lowest BCUT2D eigenvalue weighted by molar-refractivity contribution is 0.1000. The number of hydrogen-bond donors (Lipinski definition) is 2. The van der Waals surface area contributed by atoms with E-state index in [-0.39, 0.29) is 0 Å². The Labute approximate surface area is 114 Å². The molecule has 2 atom stereocenters. The van der Waals surface area contributed by atoms with Crippen LogP contribution < -0.4 is 16.0 Å². The van der Waals surface area contributed by atoms with E-state index >= 15 is 0 Å². The third-order valence-electron chi connectivity index (χ3n) is 3.98. The third-order valence-corrected chi connectivity index (χ3v) is 3.98. The van der Waals surface area contributed by atoms with E-state index in [0.717, 1.165) is 18.9 Å². The van der Waals surface area contributed by atoms with Gasteiger partial charge in [-0.05, 0) is 44.9 Å². The molecule has 2 rings (SSSR count). The summed E-state index contributed by atoms with van der Waals surface area (Å²) >= 11 is 0. The summed E-state index contributed by atoms with van der Waals surface area (Å²) in [7, 11) is 2.00. The van der Waals surface area contributed by atoms with Gasteiger partial charge < -0.3 is 16.0 Å². The van der Waals surface area contributed by atoms with Gasteiger partial charge in [0, 0.05) is 25.3 Å². The number of carbonyl (C=O) groups is 1. The van der Waals surface area contributed by atoms with E-state index in [1.165, 1.54) is 12.8 Å². The molecule has 1 aromatic heterocycles. The molecule has 104 valence electrons. The highest BCUT2D eigenvalue weighted by atomic mass is 16.1. The molecule has 1 saturated heterocycles. The number of nitrogens with zero attached hydrogens (tertiary/aromatic N) is 2. The number of anilines is 1. The Morgan fingerprint density at radius 3 is 2.95 bits per heavy atom. The number of carbonyl (C=O) groups excluding carboxylic acids is 1. The lowest BCUT2D eigenvalue weighted by Crippen LogP contribution is -2.43. The molecule has 19 heavy (non-hydrogen) atoms. The number of nitrogens with two attached hydrogens (primary N) is 1. The molecule has 1 fully saturated rings. The van der Waals surface area contributed by atoms with Crippen LogP contribution in [0.3, 0.4) is 0 Å². The largest absolute Gasteiger partial charge is 0.366 e. The van der Waals surface area contributed by atoms with Gasteiger partial charge in [-0.25, -0.2) is 4.98 Å². The van der Waals surface area contributed by atoms with Gasteiger partial charge in [-0.15, -0.1) is 0 Å². The Kier molecular flexibility index (Phi) is 4.37. The van der Waals surface area contributed by atoms with E-state index in [1.54, 1.807) is 12.3 Å². The van der Waals surface area contributed by atoms with Crippen molar-refractivity contribution in [3.8, 4) is 0 Å². The van der Waals surface area contributed by atoms with Crippen LogP contribution >= 0.6 is 0 Å². The van der Waals surface area contributed by atoms with Gasteiger partial charge in [0.25, 0.3) is 0 Å². The van der Waals surface area contributed by atoms with Crippen LogP contribution in [0.2, 0.25) is 0 Å². The molecule has 0 aromatic carbocycles. The smallest absolute Gasteiger partial charge is 0.250 e. The van der Waals surface area contributed by atoms with Crippen molar-refractivity contribution in [2.45, 2.75) is 25.8 Å². The van der Waals surface area contributed by atoms with Crippen LogP contribution in [0.5, 0.6) is 0 Å². The molecule has 5 heteroatoms. The summed E-state index contributed by atoms with van der Waals surface area (Å²) in [4.78, 5) is 17.7. The molecule has 0 aliphatic carbocycles. The van der Waals surface area contributed by atoms with E-state index in [1.807, 2.05) is 13.1 Å². The van der Waals surface area contributed by atoms with Crippen molar-refractivity contribution in [2.75, 3.05) is 25.0 Å². The number of piperidine rings is 1. The number of amides is 1. The second-order valence-corrected chi connectivity index (χ2v) is 5.19. The van der Waals surface area contributed by atoms with Gasteiger partial charge in [0.2, 0.25) is 5.91 Å². The van der Waals surface area contributed by atoms with Gasteiger partial charge in [-0.2, -0.15) is 0 Å². The highest BCUT2D eigenvalue weighted by molar-refractivity contribution is 5.92. The monoisotopic (exact) mass is 262 g/mol. The summed E-state index contributed by atoms with van der Waals surface area (Å²) in [5.41, 5.74) is 5.68. The first-order valence-electron chi connectivity index (χ1n) is 6.80. The lowest BCUT2D eigenvalue weighted by Gasteiger charge is -2.36. The Morgan fingerprint density at radius 1 is 1.58 bits per heavy atom. The number of rotatable bonds is 4. The van der Waals surface area contributed by atoms with E-state index in [4.69, 9.17) is 5.73 Å². The molecule has 5 nitrogen and oxygen atoms in total. The lowest BCUT2D eigenvalue weighted by atomic mass is 9.91. The van der Waals surface area contributed by atoms with E-state index in [9.17, 15) is 4.79 Å². The zero-order valence-corrected chi connectivity index (χ0v) is 11.6.